The Morgan fingerprint density at radius 1 is 1.13 bits per heavy atom. The fourth-order valence-corrected chi connectivity index (χ4v) is 8.18. The Labute approximate surface area is 185 Å². The average molecular weight is 429 g/mol. The van der Waals surface area contributed by atoms with Crippen LogP contribution in [0.2, 0.25) is 0 Å². The Bertz CT molecular complexity index is 843. The largest absolute Gasteiger partial charge is 0.376 e. The summed E-state index contributed by atoms with van der Waals surface area (Å²) in [5, 5.41) is 0. The Kier molecular flexibility index (Phi) is 4.92. The number of hydrogen-bond donors (Lipinski definition) is 0. The van der Waals surface area contributed by atoms with Crippen molar-refractivity contribution in [3.05, 3.63) is 12.2 Å². The summed E-state index contributed by atoms with van der Waals surface area (Å²) in [6.07, 6.45) is 5.77. The summed E-state index contributed by atoms with van der Waals surface area (Å²) in [6, 6.07) is 0. The highest BCUT2D eigenvalue weighted by atomic mass is 16.5. The first-order valence-corrected chi connectivity index (χ1v) is 12.3. The molecule has 0 unspecified atom stereocenters. The van der Waals surface area contributed by atoms with Crippen LogP contribution in [0, 0.1) is 34.0 Å². The minimum absolute atomic E-state index is 0.0645. The molecule has 4 aliphatic carbocycles. The van der Waals surface area contributed by atoms with Crippen LogP contribution in [-0.2, 0) is 23.9 Å². The summed E-state index contributed by atoms with van der Waals surface area (Å²) >= 11 is 0. The van der Waals surface area contributed by atoms with E-state index < -0.39 is 16.9 Å². The first kappa shape index (κ1) is 21.5. The molecule has 0 aromatic rings. The monoisotopic (exact) mass is 428 g/mol. The zero-order valence-corrected chi connectivity index (χ0v) is 19.2. The van der Waals surface area contributed by atoms with E-state index in [1.54, 1.807) is 0 Å². The van der Waals surface area contributed by atoms with E-state index in [0.717, 1.165) is 38.5 Å². The number of ketones is 3. The number of rotatable bonds is 6. The van der Waals surface area contributed by atoms with Gasteiger partial charge in [-0.2, -0.15) is 0 Å². The quantitative estimate of drug-likeness (QED) is 0.362. The van der Waals surface area contributed by atoms with E-state index in [9.17, 15) is 14.4 Å². The first-order chi connectivity index (χ1) is 14.7. The lowest BCUT2D eigenvalue weighted by Crippen LogP contribution is -2.77. The van der Waals surface area contributed by atoms with Gasteiger partial charge in [-0.05, 0) is 48.5 Å². The molecule has 5 heteroatoms. The first-order valence-electron chi connectivity index (χ1n) is 12.3. The molecule has 2 aliphatic heterocycles. The third kappa shape index (κ3) is 2.54. The predicted molar refractivity (Wildman–Crippen MR) is 115 cm³/mol. The molecule has 0 aromatic carbocycles. The highest BCUT2D eigenvalue weighted by Gasteiger charge is 2.79. The van der Waals surface area contributed by atoms with E-state index in [1.807, 2.05) is 0 Å². The van der Waals surface area contributed by atoms with Crippen molar-refractivity contribution in [2.24, 2.45) is 34.0 Å². The molecule has 5 nitrogen and oxygen atoms in total. The van der Waals surface area contributed by atoms with Crippen LogP contribution in [0.4, 0.5) is 0 Å². The van der Waals surface area contributed by atoms with Crippen molar-refractivity contribution in [2.75, 3.05) is 13.2 Å². The van der Waals surface area contributed by atoms with Crippen molar-refractivity contribution in [2.45, 2.75) is 84.3 Å². The van der Waals surface area contributed by atoms with Crippen molar-refractivity contribution in [3.8, 4) is 0 Å². The van der Waals surface area contributed by atoms with Crippen LogP contribution in [-0.4, -0.2) is 42.8 Å². The second kappa shape index (κ2) is 7.08. The van der Waals surface area contributed by atoms with Gasteiger partial charge in [-0.25, -0.2) is 0 Å². The smallest absolute Gasteiger partial charge is 0.176 e. The van der Waals surface area contributed by atoms with Gasteiger partial charge in [-0.15, -0.1) is 0 Å². The van der Waals surface area contributed by atoms with Crippen molar-refractivity contribution in [1.82, 2.24) is 0 Å². The van der Waals surface area contributed by atoms with Gasteiger partial charge in [0.2, 0.25) is 0 Å². The summed E-state index contributed by atoms with van der Waals surface area (Å²) in [6.45, 7) is 11.3. The van der Waals surface area contributed by atoms with Gasteiger partial charge in [0.1, 0.15) is 11.9 Å². The maximum absolute atomic E-state index is 14.2. The number of carbonyl (C=O) groups excluding carboxylic acids is 3. The fourth-order valence-electron chi connectivity index (χ4n) is 8.18. The molecule has 2 spiro atoms. The summed E-state index contributed by atoms with van der Waals surface area (Å²) in [4.78, 5) is 41.5. The Balaban J connectivity index is 1.60. The maximum atomic E-state index is 14.2. The highest BCUT2D eigenvalue weighted by molar-refractivity contribution is 6.19. The molecule has 170 valence electrons. The molecule has 2 saturated heterocycles. The molecule has 6 fully saturated rings. The van der Waals surface area contributed by atoms with Crippen LogP contribution in [0.25, 0.3) is 0 Å². The summed E-state index contributed by atoms with van der Waals surface area (Å²) in [5.41, 5.74) is -1.70. The lowest BCUT2D eigenvalue weighted by Gasteiger charge is -2.68. The van der Waals surface area contributed by atoms with Gasteiger partial charge in [-0.3, -0.25) is 14.4 Å². The maximum Gasteiger partial charge on any atom is 0.176 e. The lowest BCUT2D eigenvalue weighted by molar-refractivity contribution is -0.272. The van der Waals surface area contributed by atoms with Crippen LogP contribution >= 0.6 is 0 Å². The number of allylic oxidation sites excluding steroid dienone is 1. The summed E-state index contributed by atoms with van der Waals surface area (Å²) < 4.78 is 12.6. The number of Topliss-reactive ketones (excluding diaryl/α,β-unsaturated/α-hetero) is 3. The lowest BCUT2D eigenvalue weighted by atomic mass is 9.37. The van der Waals surface area contributed by atoms with E-state index in [-0.39, 0.29) is 46.6 Å². The fraction of sp³-hybridized carbons (Fsp3) is 0.808. The van der Waals surface area contributed by atoms with Crippen LogP contribution < -0.4 is 0 Å². The molecule has 31 heavy (non-hydrogen) atoms. The van der Waals surface area contributed by atoms with Gasteiger partial charge in [-0.1, -0.05) is 46.6 Å². The summed E-state index contributed by atoms with van der Waals surface area (Å²) in [7, 11) is 0. The van der Waals surface area contributed by atoms with E-state index in [1.165, 1.54) is 0 Å². The molecule has 4 saturated carbocycles. The zero-order chi connectivity index (χ0) is 22.2. The van der Waals surface area contributed by atoms with Crippen LogP contribution in [0.5, 0.6) is 0 Å². The number of hydrogen-bond acceptors (Lipinski definition) is 5. The Hall–Kier alpha value is -1.33. The van der Waals surface area contributed by atoms with Crippen molar-refractivity contribution in [1.29, 1.82) is 0 Å². The van der Waals surface area contributed by atoms with Gasteiger partial charge in [0.15, 0.2) is 11.6 Å². The van der Waals surface area contributed by atoms with Gasteiger partial charge in [0.25, 0.3) is 0 Å². The molecular weight excluding hydrogens is 392 g/mol. The normalized spacial score (nSPS) is 45.1. The van der Waals surface area contributed by atoms with Crippen molar-refractivity contribution in [3.63, 3.8) is 0 Å². The molecule has 0 radical (unpaired) electrons. The van der Waals surface area contributed by atoms with Gasteiger partial charge < -0.3 is 9.47 Å². The van der Waals surface area contributed by atoms with Gasteiger partial charge in [0.05, 0.1) is 23.5 Å². The number of ether oxygens (including phenoxy) is 2. The minimum Gasteiger partial charge on any atom is -0.376 e. The highest BCUT2D eigenvalue weighted by Crippen LogP contribution is 2.71. The SMILES string of the molecule is C=C1C(=O)[C@]23C[C@H]1CC[C@H]2[C@]12CO[C@H](CC1=O)C(C)(C)[C@H]2[C@H](OCCCCCC)C3=O. The standard InChI is InChI=1S/C26H36O5/c1-5-6-7-8-11-30-20-21-24(3,4)19-12-18(27)26(21,14-31-19)17-10-9-16-13-25(17,23(20)29)22(28)15(16)2/h16-17,19-21H,2,5-14H2,1,3-4H3/t16-,17-,19-,20+,21-,25+,26-/m1/s1. The molecule has 0 aromatic heterocycles. The molecule has 2 heterocycles. The molecule has 6 rings (SSSR count). The van der Waals surface area contributed by atoms with E-state index in [0.29, 0.717) is 31.6 Å². The van der Waals surface area contributed by atoms with Crippen molar-refractivity contribution < 1.29 is 23.9 Å². The van der Waals surface area contributed by atoms with Crippen LogP contribution in [0.3, 0.4) is 0 Å². The Morgan fingerprint density at radius 2 is 1.90 bits per heavy atom. The van der Waals surface area contributed by atoms with Crippen LogP contribution in [0.15, 0.2) is 12.2 Å². The molecular formula is C26H36O5. The molecule has 0 N–H and O–H groups in total. The number of carbonyl (C=O) groups is 3. The zero-order valence-electron chi connectivity index (χ0n) is 19.2. The third-order valence-corrected chi connectivity index (χ3v) is 9.67. The summed E-state index contributed by atoms with van der Waals surface area (Å²) in [5.74, 6) is -0.440. The topological polar surface area (TPSA) is 69.7 Å². The number of unbranched alkanes of at least 4 members (excludes halogenated alkanes) is 3. The van der Waals surface area contributed by atoms with Crippen LogP contribution in [0.1, 0.15) is 72.1 Å². The van der Waals surface area contributed by atoms with E-state index in [4.69, 9.17) is 9.47 Å². The second-order valence-corrected chi connectivity index (χ2v) is 11.3. The van der Waals surface area contributed by atoms with Crippen molar-refractivity contribution >= 4 is 17.3 Å². The van der Waals surface area contributed by atoms with E-state index in [2.05, 4.69) is 27.4 Å². The molecule has 0 amide bonds. The molecule has 6 aliphatic rings. The van der Waals surface area contributed by atoms with Gasteiger partial charge in [0, 0.05) is 18.9 Å². The van der Waals surface area contributed by atoms with Gasteiger partial charge >= 0.3 is 0 Å². The average Bonchev–Trinajstić information content (AvgIpc) is 2.93. The van der Waals surface area contributed by atoms with E-state index >= 15 is 0 Å². The Morgan fingerprint density at radius 3 is 2.61 bits per heavy atom. The number of fused-ring (bicyclic) bond motifs is 3. The molecule has 4 bridgehead atoms. The predicted octanol–water partition coefficient (Wildman–Crippen LogP) is 4.08. The minimum atomic E-state index is -1.14. The third-order valence-electron chi connectivity index (χ3n) is 9.67. The second-order valence-electron chi connectivity index (χ2n) is 11.3. The molecule has 7 atom stereocenters.